The maximum atomic E-state index is 14.3. The van der Waals surface area contributed by atoms with E-state index < -0.39 is 5.67 Å². The van der Waals surface area contributed by atoms with Crippen molar-refractivity contribution in [3.05, 3.63) is 35.4 Å². The smallest absolute Gasteiger partial charge is 0.146 e. The van der Waals surface area contributed by atoms with Crippen molar-refractivity contribution in [1.82, 2.24) is 10.9 Å². The number of hydrogen-bond acceptors (Lipinski definition) is 2. The first-order valence-electron chi connectivity index (χ1n) is 5.66. The second-order valence-corrected chi connectivity index (χ2v) is 4.72. The van der Waals surface area contributed by atoms with Gasteiger partial charge in [0.2, 0.25) is 0 Å². The van der Waals surface area contributed by atoms with Gasteiger partial charge in [0.25, 0.3) is 0 Å². The molecule has 1 aromatic carbocycles. The molecule has 0 radical (unpaired) electrons. The third-order valence-corrected chi connectivity index (χ3v) is 2.46. The number of nitrogens with one attached hydrogen (secondary N) is 2. The van der Waals surface area contributed by atoms with Crippen LogP contribution in [0.3, 0.4) is 0 Å². The average Bonchev–Trinajstić information content (AvgIpc) is 2.17. The molecule has 1 atom stereocenters. The van der Waals surface area contributed by atoms with E-state index in [1.807, 2.05) is 45.0 Å². The summed E-state index contributed by atoms with van der Waals surface area (Å²) in [5.74, 6) is 0. The number of alkyl halides is 1. The number of hydrazine groups is 1. The van der Waals surface area contributed by atoms with Crippen molar-refractivity contribution >= 4 is 0 Å². The number of rotatable bonds is 5. The van der Waals surface area contributed by atoms with Crippen molar-refractivity contribution in [3.63, 3.8) is 0 Å². The third kappa shape index (κ3) is 3.91. The van der Waals surface area contributed by atoms with Crippen LogP contribution in [0.1, 0.15) is 31.9 Å². The average molecular weight is 224 g/mol. The SMILES string of the molecule is Cc1ccc(C(C)(F)CNNC(C)C)cc1. The molecular formula is C13H21FN2. The molecule has 0 aliphatic carbocycles. The van der Waals surface area contributed by atoms with Gasteiger partial charge in [0.05, 0.1) is 0 Å². The summed E-state index contributed by atoms with van der Waals surface area (Å²) >= 11 is 0. The Bertz CT molecular complexity index is 317. The van der Waals surface area contributed by atoms with Gasteiger partial charge < -0.3 is 0 Å². The van der Waals surface area contributed by atoms with Crippen molar-refractivity contribution in [2.24, 2.45) is 0 Å². The molecule has 0 saturated carbocycles. The van der Waals surface area contributed by atoms with Crippen LogP contribution >= 0.6 is 0 Å². The first-order valence-corrected chi connectivity index (χ1v) is 5.66. The van der Waals surface area contributed by atoms with E-state index in [0.717, 1.165) is 5.56 Å². The molecule has 1 aromatic rings. The highest BCUT2D eigenvalue weighted by molar-refractivity contribution is 5.26. The molecule has 0 aliphatic rings. The Kier molecular flexibility index (Phi) is 4.44. The number of halogens is 1. The second-order valence-electron chi connectivity index (χ2n) is 4.72. The molecule has 0 amide bonds. The summed E-state index contributed by atoms with van der Waals surface area (Å²) in [6.45, 7) is 7.86. The molecule has 0 bridgehead atoms. The van der Waals surface area contributed by atoms with Crippen molar-refractivity contribution in [2.75, 3.05) is 6.54 Å². The van der Waals surface area contributed by atoms with E-state index >= 15 is 0 Å². The zero-order valence-electron chi connectivity index (χ0n) is 10.5. The zero-order chi connectivity index (χ0) is 12.2. The largest absolute Gasteiger partial charge is 0.255 e. The monoisotopic (exact) mass is 224 g/mol. The lowest BCUT2D eigenvalue weighted by atomic mass is 9.97. The minimum Gasteiger partial charge on any atom is -0.255 e. The van der Waals surface area contributed by atoms with E-state index in [2.05, 4.69) is 10.9 Å². The molecular weight excluding hydrogens is 203 g/mol. The Balaban J connectivity index is 2.59. The summed E-state index contributed by atoms with van der Waals surface area (Å²) in [7, 11) is 0. The minimum absolute atomic E-state index is 0.258. The van der Waals surface area contributed by atoms with Gasteiger partial charge in [0.15, 0.2) is 0 Å². The van der Waals surface area contributed by atoms with Gasteiger partial charge in [0, 0.05) is 12.6 Å². The van der Waals surface area contributed by atoms with Crippen molar-refractivity contribution in [2.45, 2.75) is 39.4 Å². The van der Waals surface area contributed by atoms with Gasteiger partial charge in [-0.1, -0.05) is 29.8 Å². The van der Waals surface area contributed by atoms with Gasteiger partial charge >= 0.3 is 0 Å². The van der Waals surface area contributed by atoms with Crippen LogP contribution in [-0.4, -0.2) is 12.6 Å². The maximum Gasteiger partial charge on any atom is 0.146 e. The van der Waals surface area contributed by atoms with Crippen molar-refractivity contribution in [1.29, 1.82) is 0 Å². The Labute approximate surface area is 97.2 Å². The normalized spacial score (nSPS) is 15.1. The molecule has 0 saturated heterocycles. The van der Waals surface area contributed by atoms with Crippen LogP contribution in [0.2, 0.25) is 0 Å². The molecule has 2 N–H and O–H groups in total. The van der Waals surface area contributed by atoms with Crippen LogP contribution < -0.4 is 10.9 Å². The summed E-state index contributed by atoms with van der Waals surface area (Å²) in [5.41, 5.74) is 6.41. The molecule has 0 heterocycles. The number of benzene rings is 1. The lowest BCUT2D eigenvalue weighted by Crippen LogP contribution is -2.43. The quantitative estimate of drug-likeness (QED) is 0.751. The molecule has 2 nitrogen and oxygen atoms in total. The standard InChI is InChI=1S/C13H21FN2/c1-10(2)16-15-9-13(4,14)12-7-5-11(3)6-8-12/h5-8,10,15-16H,9H2,1-4H3. The van der Waals surface area contributed by atoms with Crippen LogP contribution in [0.4, 0.5) is 4.39 Å². The third-order valence-electron chi connectivity index (χ3n) is 2.46. The summed E-state index contributed by atoms with van der Waals surface area (Å²) in [6, 6.07) is 7.85. The van der Waals surface area contributed by atoms with Crippen LogP contribution in [0.25, 0.3) is 0 Å². The van der Waals surface area contributed by atoms with E-state index in [1.165, 1.54) is 0 Å². The zero-order valence-corrected chi connectivity index (χ0v) is 10.5. The summed E-state index contributed by atoms with van der Waals surface area (Å²) < 4.78 is 14.3. The van der Waals surface area contributed by atoms with E-state index in [4.69, 9.17) is 0 Å². The molecule has 1 rings (SSSR count). The first-order chi connectivity index (χ1) is 7.42. The maximum absolute atomic E-state index is 14.3. The molecule has 3 heteroatoms. The van der Waals surface area contributed by atoms with Gasteiger partial charge in [-0.15, -0.1) is 0 Å². The van der Waals surface area contributed by atoms with E-state index in [-0.39, 0.29) is 6.54 Å². The minimum atomic E-state index is -1.35. The lowest BCUT2D eigenvalue weighted by Gasteiger charge is -2.22. The summed E-state index contributed by atoms with van der Waals surface area (Å²) in [5, 5.41) is 0. The number of hydrogen-bond donors (Lipinski definition) is 2. The van der Waals surface area contributed by atoms with Crippen LogP contribution in [0, 0.1) is 6.92 Å². The molecule has 0 aliphatic heterocycles. The van der Waals surface area contributed by atoms with E-state index in [9.17, 15) is 4.39 Å². The second kappa shape index (κ2) is 5.41. The van der Waals surface area contributed by atoms with E-state index in [1.54, 1.807) is 6.92 Å². The molecule has 90 valence electrons. The Morgan fingerprint density at radius 1 is 1.25 bits per heavy atom. The van der Waals surface area contributed by atoms with Crippen LogP contribution in [0.15, 0.2) is 24.3 Å². The van der Waals surface area contributed by atoms with Crippen LogP contribution in [0.5, 0.6) is 0 Å². The number of aryl methyl sites for hydroxylation is 1. The fourth-order valence-corrected chi connectivity index (χ4v) is 1.42. The first kappa shape index (κ1) is 13.1. The fourth-order valence-electron chi connectivity index (χ4n) is 1.42. The molecule has 0 spiro atoms. The Morgan fingerprint density at radius 3 is 2.31 bits per heavy atom. The van der Waals surface area contributed by atoms with Gasteiger partial charge in [-0.25, -0.2) is 4.39 Å². The molecule has 1 unspecified atom stereocenters. The molecule has 0 fully saturated rings. The van der Waals surface area contributed by atoms with Crippen molar-refractivity contribution < 1.29 is 4.39 Å². The van der Waals surface area contributed by atoms with Crippen molar-refractivity contribution in [3.8, 4) is 0 Å². The molecule has 16 heavy (non-hydrogen) atoms. The Morgan fingerprint density at radius 2 is 1.81 bits per heavy atom. The Hall–Kier alpha value is -0.930. The highest BCUT2D eigenvalue weighted by Crippen LogP contribution is 2.24. The summed E-state index contributed by atoms with van der Waals surface area (Å²) in [4.78, 5) is 0. The predicted molar refractivity (Wildman–Crippen MR) is 65.9 cm³/mol. The van der Waals surface area contributed by atoms with Gasteiger partial charge in [0.1, 0.15) is 5.67 Å². The van der Waals surface area contributed by atoms with Gasteiger partial charge in [-0.3, -0.25) is 10.9 Å². The van der Waals surface area contributed by atoms with Crippen LogP contribution in [-0.2, 0) is 5.67 Å². The lowest BCUT2D eigenvalue weighted by molar-refractivity contribution is 0.175. The van der Waals surface area contributed by atoms with Gasteiger partial charge in [-0.05, 0) is 33.3 Å². The predicted octanol–water partition coefficient (Wildman–Crippen LogP) is 2.68. The summed E-state index contributed by atoms with van der Waals surface area (Å²) in [6.07, 6.45) is 0. The molecule has 0 aromatic heterocycles. The highest BCUT2D eigenvalue weighted by Gasteiger charge is 2.25. The topological polar surface area (TPSA) is 24.1 Å². The van der Waals surface area contributed by atoms with Gasteiger partial charge in [-0.2, -0.15) is 0 Å². The fraction of sp³-hybridized carbons (Fsp3) is 0.538. The van der Waals surface area contributed by atoms with E-state index in [0.29, 0.717) is 11.6 Å². The highest BCUT2D eigenvalue weighted by atomic mass is 19.1.